The van der Waals surface area contributed by atoms with Crippen LogP contribution in [0.5, 0.6) is 28.7 Å². The highest BCUT2D eigenvalue weighted by molar-refractivity contribution is 5.87. The highest BCUT2D eigenvalue weighted by Crippen LogP contribution is 2.46. The molecule has 2 heterocycles. The second kappa shape index (κ2) is 11.0. The first-order chi connectivity index (χ1) is 19.0. The summed E-state index contributed by atoms with van der Waals surface area (Å²) in [6.45, 7) is 0.773. The van der Waals surface area contributed by atoms with Gasteiger partial charge in [-0.25, -0.2) is 0 Å². The van der Waals surface area contributed by atoms with E-state index in [4.69, 9.17) is 32.8 Å². The molecular formula is C30H28O9. The van der Waals surface area contributed by atoms with E-state index in [1.165, 1.54) is 27.6 Å². The lowest BCUT2D eigenvalue weighted by Crippen LogP contribution is -2.18. The van der Waals surface area contributed by atoms with Crippen molar-refractivity contribution in [1.82, 2.24) is 0 Å². The zero-order chi connectivity index (χ0) is 27.5. The summed E-state index contributed by atoms with van der Waals surface area (Å²) < 4.78 is 39.3. The standard InChI is InChI=1S/C30H28O9/c1-33-19-7-5-17(6-8-19)22-16-39-29-20(28(22)32)9-10-23(34-2)27(29)21(15-26(31)36-4)18-13-24(35-3)30-25(14-18)37-11-12-38-30/h5-10,13-14,16,21H,11-12,15H2,1-4H3. The smallest absolute Gasteiger partial charge is 0.306 e. The van der Waals surface area contributed by atoms with Crippen LogP contribution in [0.1, 0.15) is 23.5 Å². The van der Waals surface area contributed by atoms with Crippen molar-refractivity contribution in [3.63, 3.8) is 0 Å². The number of hydrogen-bond acceptors (Lipinski definition) is 9. The second-order valence-corrected chi connectivity index (χ2v) is 8.85. The van der Waals surface area contributed by atoms with Crippen molar-refractivity contribution >= 4 is 16.9 Å². The number of hydrogen-bond donors (Lipinski definition) is 0. The fourth-order valence-corrected chi connectivity index (χ4v) is 4.81. The topological polar surface area (TPSA) is 103 Å². The minimum atomic E-state index is -0.629. The van der Waals surface area contributed by atoms with Crippen LogP contribution in [0.2, 0.25) is 0 Å². The number of rotatable bonds is 8. The van der Waals surface area contributed by atoms with Gasteiger partial charge in [0.25, 0.3) is 0 Å². The largest absolute Gasteiger partial charge is 0.497 e. The Kier molecular flexibility index (Phi) is 7.31. The Morgan fingerprint density at radius 2 is 1.64 bits per heavy atom. The lowest BCUT2D eigenvalue weighted by Gasteiger charge is -2.25. The Balaban J connectivity index is 1.72. The molecule has 0 saturated heterocycles. The highest BCUT2D eigenvalue weighted by Gasteiger charge is 2.30. The molecule has 0 fully saturated rings. The van der Waals surface area contributed by atoms with E-state index in [2.05, 4.69) is 0 Å². The van der Waals surface area contributed by atoms with E-state index in [1.807, 2.05) is 0 Å². The van der Waals surface area contributed by atoms with Gasteiger partial charge in [-0.3, -0.25) is 9.59 Å². The highest BCUT2D eigenvalue weighted by atomic mass is 16.6. The van der Waals surface area contributed by atoms with Gasteiger partial charge in [0.1, 0.15) is 36.6 Å². The maximum absolute atomic E-state index is 13.7. The van der Waals surface area contributed by atoms with Crippen molar-refractivity contribution in [3.8, 4) is 39.9 Å². The molecule has 0 radical (unpaired) electrons. The van der Waals surface area contributed by atoms with Crippen molar-refractivity contribution in [2.24, 2.45) is 0 Å². The minimum Gasteiger partial charge on any atom is -0.497 e. The van der Waals surface area contributed by atoms with E-state index in [-0.39, 0.29) is 11.8 Å². The monoisotopic (exact) mass is 532 g/mol. The first-order valence-electron chi connectivity index (χ1n) is 12.3. The number of carbonyl (C=O) groups is 1. The normalized spacial score (nSPS) is 13.0. The van der Waals surface area contributed by atoms with Gasteiger partial charge in [-0.15, -0.1) is 0 Å². The predicted molar refractivity (Wildman–Crippen MR) is 143 cm³/mol. The molecule has 4 aromatic rings. The third-order valence-corrected chi connectivity index (χ3v) is 6.76. The minimum absolute atomic E-state index is 0.0568. The zero-order valence-corrected chi connectivity index (χ0v) is 22.1. The van der Waals surface area contributed by atoms with E-state index in [0.29, 0.717) is 75.2 Å². The molecule has 0 N–H and O–H groups in total. The number of methoxy groups -OCH3 is 4. The van der Waals surface area contributed by atoms with Gasteiger partial charge < -0.3 is 32.8 Å². The molecule has 3 aromatic carbocycles. The molecule has 1 atom stereocenters. The molecule has 0 bridgehead atoms. The zero-order valence-electron chi connectivity index (χ0n) is 22.1. The van der Waals surface area contributed by atoms with Crippen molar-refractivity contribution in [1.29, 1.82) is 0 Å². The molecular weight excluding hydrogens is 504 g/mol. The van der Waals surface area contributed by atoms with Crippen molar-refractivity contribution in [2.45, 2.75) is 12.3 Å². The number of esters is 1. The van der Waals surface area contributed by atoms with Crippen LogP contribution < -0.4 is 29.1 Å². The summed E-state index contributed by atoms with van der Waals surface area (Å²) in [4.78, 5) is 26.3. The number of fused-ring (bicyclic) bond motifs is 2. The van der Waals surface area contributed by atoms with Gasteiger partial charge in [0.05, 0.1) is 45.8 Å². The Morgan fingerprint density at radius 1 is 0.897 bits per heavy atom. The molecule has 9 nitrogen and oxygen atoms in total. The summed E-state index contributed by atoms with van der Waals surface area (Å²) in [5.74, 6) is 1.49. The molecule has 39 heavy (non-hydrogen) atoms. The lowest BCUT2D eigenvalue weighted by molar-refractivity contribution is -0.140. The van der Waals surface area contributed by atoms with Gasteiger partial charge >= 0.3 is 5.97 Å². The first kappa shape index (κ1) is 26.0. The fraction of sp³-hybridized carbons (Fsp3) is 0.267. The van der Waals surface area contributed by atoms with E-state index in [1.54, 1.807) is 55.6 Å². The van der Waals surface area contributed by atoms with E-state index in [0.717, 1.165) is 0 Å². The van der Waals surface area contributed by atoms with Gasteiger partial charge in [-0.05, 0) is 47.5 Å². The van der Waals surface area contributed by atoms with Crippen LogP contribution >= 0.6 is 0 Å². The Bertz CT molecular complexity index is 1550. The van der Waals surface area contributed by atoms with E-state index >= 15 is 0 Å². The van der Waals surface area contributed by atoms with Crippen LogP contribution in [0.15, 0.2) is 64.0 Å². The van der Waals surface area contributed by atoms with Gasteiger partial charge in [0.2, 0.25) is 11.2 Å². The van der Waals surface area contributed by atoms with Crippen LogP contribution in [-0.4, -0.2) is 47.6 Å². The number of ether oxygens (including phenoxy) is 6. The Hall–Kier alpha value is -4.66. The summed E-state index contributed by atoms with van der Waals surface area (Å²) in [6.07, 6.45) is 1.37. The van der Waals surface area contributed by atoms with Crippen molar-refractivity contribution < 1.29 is 37.6 Å². The van der Waals surface area contributed by atoms with Crippen molar-refractivity contribution in [3.05, 3.63) is 76.1 Å². The third-order valence-electron chi connectivity index (χ3n) is 6.76. The molecule has 9 heteroatoms. The Labute approximate surface area is 224 Å². The van der Waals surface area contributed by atoms with Crippen LogP contribution in [0.4, 0.5) is 0 Å². The molecule has 1 aromatic heterocycles. The van der Waals surface area contributed by atoms with Crippen LogP contribution in [0, 0.1) is 0 Å². The summed E-state index contributed by atoms with van der Waals surface area (Å²) >= 11 is 0. The summed E-state index contributed by atoms with van der Waals surface area (Å²) in [5, 5.41) is 0.346. The van der Waals surface area contributed by atoms with Crippen molar-refractivity contribution in [2.75, 3.05) is 41.7 Å². The fourth-order valence-electron chi connectivity index (χ4n) is 4.81. The SMILES string of the molecule is COC(=O)CC(c1cc(OC)c2c(c1)OCCO2)c1c(OC)ccc2c(=O)c(-c3ccc(OC)cc3)coc12. The molecule has 5 rings (SSSR count). The average molecular weight is 533 g/mol. The van der Waals surface area contributed by atoms with Gasteiger partial charge in [0.15, 0.2) is 11.5 Å². The van der Waals surface area contributed by atoms with E-state index in [9.17, 15) is 9.59 Å². The maximum Gasteiger partial charge on any atom is 0.306 e. The molecule has 0 aliphatic carbocycles. The van der Waals surface area contributed by atoms with Gasteiger partial charge in [-0.1, -0.05) is 12.1 Å². The molecule has 0 saturated carbocycles. The summed E-state index contributed by atoms with van der Waals surface area (Å²) in [7, 11) is 5.96. The number of carbonyl (C=O) groups excluding carboxylic acids is 1. The molecule has 0 amide bonds. The summed E-state index contributed by atoms with van der Waals surface area (Å²) in [6, 6.07) is 14.1. The van der Waals surface area contributed by atoms with Crippen LogP contribution in [0.3, 0.4) is 0 Å². The van der Waals surface area contributed by atoms with E-state index < -0.39 is 11.9 Å². The number of benzene rings is 3. The van der Waals surface area contributed by atoms with Gasteiger partial charge in [-0.2, -0.15) is 0 Å². The molecule has 0 spiro atoms. The summed E-state index contributed by atoms with van der Waals surface area (Å²) in [5.41, 5.74) is 2.37. The molecule has 1 unspecified atom stereocenters. The molecule has 202 valence electrons. The predicted octanol–water partition coefficient (Wildman–Crippen LogP) is 4.95. The van der Waals surface area contributed by atoms with Crippen LogP contribution in [0.25, 0.3) is 22.1 Å². The average Bonchev–Trinajstić information content (AvgIpc) is 2.99. The second-order valence-electron chi connectivity index (χ2n) is 8.85. The third kappa shape index (κ3) is 4.83. The van der Waals surface area contributed by atoms with Crippen LogP contribution in [-0.2, 0) is 9.53 Å². The molecule has 1 aliphatic heterocycles. The molecule has 1 aliphatic rings. The maximum atomic E-state index is 13.7. The quantitative estimate of drug-likeness (QED) is 0.292. The van der Waals surface area contributed by atoms with Gasteiger partial charge in [0, 0.05) is 11.5 Å². The first-order valence-corrected chi connectivity index (χ1v) is 12.3. The lowest BCUT2D eigenvalue weighted by atomic mass is 9.86. The Morgan fingerprint density at radius 3 is 2.33 bits per heavy atom.